The lowest BCUT2D eigenvalue weighted by atomic mass is 10.1. The van der Waals surface area contributed by atoms with Crippen LogP contribution in [-0.4, -0.2) is 35.5 Å². The molecule has 0 aromatic rings. The van der Waals surface area contributed by atoms with E-state index in [2.05, 4.69) is 13.8 Å². The Morgan fingerprint density at radius 3 is 2.50 bits per heavy atom. The molecule has 1 aliphatic rings. The summed E-state index contributed by atoms with van der Waals surface area (Å²) in [6, 6.07) is -0.00616. The van der Waals surface area contributed by atoms with Crippen molar-refractivity contribution in [2.75, 3.05) is 13.6 Å². The van der Waals surface area contributed by atoms with Crippen LogP contribution in [0.1, 0.15) is 13.8 Å². The fourth-order valence-electron chi connectivity index (χ4n) is 1.46. The van der Waals surface area contributed by atoms with Crippen LogP contribution in [-0.2, 0) is 0 Å². The van der Waals surface area contributed by atoms with Crippen LogP contribution >= 0.6 is 0 Å². The second kappa shape index (κ2) is 3.02. The number of amides is 2. The van der Waals surface area contributed by atoms with Gasteiger partial charge >= 0.3 is 6.03 Å². The molecule has 0 saturated carbocycles. The molecule has 12 heavy (non-hydrogen) atoms. The van der Waals surface area contributed by atoms with Crippen molar-refractivity contribution in [3.63, 3.8) is 0 Å². The molecule has 1 aliphatic heterocycles. The monoisotopic (exact) mass is 167 g/mol. The van der Waals surface area contributed by atoms with E-state index in [0.717, 1.165) is 0 Å². The number of rotatable bonds is 1. The summed E-state index contributed by atoms with van der Waals surface area (Å²) in [5, 5.41) is 8.58. The molecule has 1 saturated heterocycles. The SMILES string of the molecule is CC(C)C1CN(C#N)C(=O)N1C. The van der Waals surface area contributed by atoms with Crippen molar-refractivity contribution in [1.82, 2.24) is 9.80 Å². The Labute approximate surface area is 72.4 Å². The number of likely N-dealkylation sites (N-methyl/N-ethyl adjacent to an activating group) is 1. The minimum absolute atomic E-state index is 0.178. The van der Waals surface area contributed by atoms with Gasteiger partial charge in [-0.25, -0.2) is 9.69 Å². The van der Waals surface area contributed by atoms with Crippen molar-refractivity contribution >= 4 is 6.03 Å². The Morgan fingerprint density at radius 1 is 1.67 bits per heavy atom. The molecule has 1 rings (SSSR count). The second-order valence-electron chi connectivity index (χ2n) is 3.42. The van der Waals surface area contributed by atoms with Crippen molar-refractivity contribution < 1.29 is 4.79 Å². The zero-order chi connectivity index (χ0) is 9.30. The maximum Gasteiger partial charge on any atom is 0.333 e. The van der Waals surface area contributed by atoms with Crippen molar-refractivity contribution in [3.8, 4) is 6.19 Å². The molecule has 1 atom stereocenters. The van der Waals surface area contributed by atoms with Crippen LogP contribution in [0.25, 0.3) is 0 Å². The quantitative estimate of drug-likeness (QED) is 0.544. The van der Waals surface area contributed by atoms with Crippen LogP contribution in [0.4, 0.5) is 4.79 Å². The van der Waals surface area contributed by atoms with Gasteiger partial charge in [0.25, 0.3) is 0 Å². The van der Waals surface area contributed by atoms with Crippen LogP contribution in [0.2, 0.25) is 0 Å². The molecule has 1 heterocycles. The van der Waals surface area contributed by atoms with Gasteiger partial charge in [-0.1, -0.05) is 13.8 Å². The molecule has 0 aromatic carbocycles. The predicted octanol–water partition coefficient (Wildman–Crippen LogP) is 0.859. The number of urea groups is 1. The van der Waals surface area contributed by atoms with Crippen molar-refractivity contribution in [1.29, 1.82) is 5.26 Å². The first-order valence-corrected chi connectivity index (χ1v) is 4.02. The Kier molecular flexibility index (Phi) is 2.22. The van der Waals surface area contributed by atoms with Gasteiger partial charge in [-0.05, 0) is 5.92 Å². The highest BCUT2D eigenvalue weighted by atomic mass is 16.2. The van der Waals surface area contributed by atoms with Gasteiger partial charge in [0, 0.05) is 7.05 Å². The summed E-state index contributed by atoms with van der Waals surface area (Å²) in [6.45, 7) is 4.63. The van der Waals surface area contributed by atoms with Crippen molar-refractivity contribution in [2.24, 2.45) is 5.92 Å². The van der Waals surface area contributed by atoms with E-state index in [9.17, 15) is 4.79 Å². The average molecular weight is 167 g/mol. The van der Waals surface area contributed by atoms with Crippen LogP contribution in [0.5, 0.6) is 0 Å². The maximum absolute atomic E-state index is 11.3. The minimum atomic E-state index is -0.184. The smallest absolute Gasteiger partial charge is 0.322 e. The highest BCUT2D eigenvalue weighted by molar-refractivity contribution is 5.78. The van der Waals surface area contributed by atoms with Crippen LogP contribution in [0, 0.1) is 17.4 Å². The first kappa shape index (κ1) is 8.85. The van der Waals surface area contributed by atoms with Gasteiger partial charge in [0.1, 0.15) is 0 Å². The Bertz CT molecular complexity index is 231. The molecule has 4 nitrogen and oxygen atoms in total. The van der Waals surface area contributed by atoms with E-state index in [4.69, 9.17) is 5.26 Å². The fraction of sp³-hybridized carbons (Fsp3) is 0.750. The first-order chi connectivity index (χ1) is 5.57. The lowest BCUT2D eigenvalue weighted by Crippen LogP contribution is -2.33. The topological polar surface area (TPSA) is 47.3 Å². The van der Waals surface area contributed by atoms with Gasteiger partial charge in [0.15, 0.2) is 6.19 Å². The van der Waals surface area contributed by atoms with E-state index >= 15 is 0 Å². The zero-order valence-electron chi connectivity index (χ0n) is 7.61. The van der Waals surface area contributed by atoms with E-state index in [1.165, 1.54) is 4.90 Å². The molecule has 0 aliphatic carbocycles. The normalized spacial score (nSPS) is 23.6. The number of hydrogen-bond acceptors (Lipinski definition) is 2. The summed E-state index contributed by atoms with van der Waals surface area (Å²) in [7, 11) is 1.74. The summed E-state index contributed by atoms with van der Waals surface area (Å²) in [5.74, 6) is 0.400. The third-order valence-corrected chi connectivity index (χ3v) is 2.29. The number of hydrogen-bond donors (Lipinski definition) is 0. The minimum Gasteiger partial charge on any atom is -0.322 e. The van der Waals surface area contributed by atoms with E-state index < -0.39 is 0 Å². The molecule has 1 unspecified atom stereocenters. The van der Waals surface area contributed by atoms with Crippen LogP contribution < -0.4 is 0 Å². The first-order valence-electron chi connectivity index (χ1n) is 4.02. The van der Waals surface area contributed by atoms with Gasteiger partial charge < -0.3 is 4.90 Å². The molecule has 2 amide bonds. The Morgan fingerprint density at radius 2 is 2.25 bits per heavy atom. The highest BCUT2D eigenvalue weighted by Gasteiger charge is 2.36. The molecule has 1 fully saturated rings. The summed E-state index contributed by atoms with van der Waals surface area (Å²) in [6.07, 6.45) is 1.87. The lowest BCUT2D eigenvalue weighted by Gasteiger charge is -2.20. The summed E-state index contributed by atoms with van der Waals surface area (Å²) >= 11 is 0. The largest absolute Gasteiger partial charge is 0.333 e. The molecule has 0 radical (unpaired) electrons. The average Bonchev–Trinajstić information content (AvgIpc) is 2.30. The van der Waals surface area contributed by atoms with Gasteiger partial charge in [-0.15, -0.1) is 0 Å². The van der Waals surface area contributed by atoms with Gasteiger partial charge in [-0.3, -0.25) is 0 Å². The highest BCUT2D eigenvalue weighted by Crippen LogP contribution is 2.18. The maximum atomic E-state index is 11.3. The molecular formula is C8H13N3O. The van der Waals surface area contributed by atoms with Gasteiger partial charge in [0.2, 0.25) is 0 Å². The molecular weight excluding hydrogens is 154 g/mol. The number of nitrogens with zero attached hydrogens (tertiary/aromatic N) is 3. The Balaban J connectivity index is 2.75. The van der Waals surface area contributed by atoms with Crippen LogP contribution in [0.15, 0.2) is 0 Å². The van der Waals surface area contributed by atoms with Gasteiger partial charge in [0.05, 0.1) is 12.6 Å². The second-order valence-corrected chi connectivity index (χ2v) is 3.42. The molecule has 0 aromatic heterocycles. The summed E-state index contributed by atoms with van der Waals surface area (Å²) < 4.78 is 0. The lowest BCUT2D eigenvalue weighted by molar-refractivity contribution is 0.199. The van der Waals surface area contributed by atoms with Crippen molar-refractivity contribution in [3.05, 3.63) is 0 Å². The van der Waals surface area contributed by atoms with E-state index in [1.54, 1.807) is 11.9 Å². The van der Waals surface area contributed by atoms with Crippen LogP contribution in [0.3, 0.4) is 0 Å². The number of carbonyl (C=O) groups excluding carboxylic acids is 1. The standard InChI is InChI=1S/C8H13N3O/c1-6(2)7-4-11(5-9)8(12)10(7)3/h6-7H,4H2,1-3H3. The molecule has 4 heteroatoms. The van der Waals surface area contributed by atoms with E-state index in [0.29, 0.717) is 12.5 Å². The van der Waals surface area contributed by atoms with Gasteiger partial charge in [-0.2, -0.15) is 5.26 Å². The third kappa shape index (κ3) is 1.22. The summed E-state index contributed by atoms with van der Waals surface area (Å²) in [4.78, 5) is 14.1. The predicted molar refractivity (Wildman–Crippen MR) is 44.1 cm³/mol. The number of carbonyl (C=O) groups is 1. The fourth-order valence-corrected chi connectivity index (χ4v) is 1.46. The van der Waals surface area contributed by atoms with E-state index in [1.807, 2.05) is 6.19 Å². The Hall–Kier alpha value is -1.24. The summed E-state index contributed by atoms with van der Waals surface area (Å²) in [5.41, 5.74) is 0. The molecule has 0 bridgehead atoms. The third-order valence-electron chi connectivity index (χ3n) is 2.29. The molecule has 0 N–H and O–H groups in total. The number of nitriles is 1. The molecule has 0 spiro atoms. The molecule has 66 valence electrons. The van der Waals surface area contributed by atoms with E-state index in [-0.39, 0.29) is 12.1 Å². The zero-order valence-corrected chi connectivity index (χ0v) is 7.61. The van der Waals surface area contributed by atoms with Crippen molar-refractivity contribution in [2.45, 2.75) is 19.9 Å².